The number of fused-ring (bicyclic) bond motifs is 1. The Hall–Kier alpha value is -2.90. The van der Waals surface area contributed by atoms with E-state index in [0.29, 0.717) is 11.1 Å². The molecular formula is C21H19NO3. The molecule has 4 nitrogen and oxygen atoms in total. The van der Waals surface area contributed by atoms with Crippen molar-refractivity contribution in [1.82, 2.24) is 5.06 Å². The number of nitrogens with zero attached hydrogens (tertiary/aromatic N) is 1. The number of imide groups is 1. The van der Waals surface area contributed by atoms with Crippen LogP contribution in [0.1, 0.15) is 58.6 Å². The summed E-state index contributed by atoms with van der Waals surface area (Å²) in [6.07, 6.45) is 2.15. The molecule has 25 heavy (non-hydrogen) atoms. The summed E-state index contributed by atoms with van der Waals surface area (Å²) in [5.74, 6) is 5.24. The highest BCUT2D eigenvalue weighted by molar-refractivity contribution is 6.20. The number of hydrogen-bond donors (Lipinski definition) is 0. The van der Waals surface area contributed by atoms with Crippen molar-refractivity contribution in [1.29, 1.82) is 0 Å². The second-order valence-electron chi connectivity index (χ2n) is 5.77. The SMILES string of the molecule is CCCCC#CC(ON1C(=O)c2ccccc2C1=O)c1ccccc1. The number of hydroxylamine groups is 2. The summed E-state index contributed by atoms with van der Waals surface area (Å²) < 4.78 is 0. The lowest BCUT2D eigenvalue weighted by atomic mass is 10.1. The van der Waals surface area contributed by atoms with Gasteiger partial charge in [-0.15, -0.1) is 11.0 Å². The van der Waals surface area contributed by atoms with Gasteiger partial charge in [0.05, 0.1) is 11.1 Å². The molecular weight excluding hydrogens is 314 g/mol. The molecule has 2 amide bonds. The molecule has 1 atom stereocenters. The van der Waals surface area contributed by atoms with E-state index in [2.05, 4.69) is 18.8 Å². The van der Waals surface area contributed by atoms with Crippen LogP contribution in [0.15, 0.2) is 54.6 Å². The Kier molecular flexibility index (Phi) is 5.27. The average molecular weight is 333 g/mol. The van der Waals surface area contributed by atoms with E-state index in [1.54, 1.807) is 24.3 Å². The number of hydrogen-bond acceptors (Lipinski definition) is 3. The number of amides is 2. The van der Waals surface area contributed by atoms with E-state index in [1.165, 1.54) is 0 Å². The molecule has 0 spiro atoms. The fraction of sp³-hybridized carbons (Fsp3) is 0.238. The Morgan fingerprint density at radius 3 is 2.16 bits per heavy atom. The Labute approximate surface area is 147 Å². The molecule has 2 aromatic rings. The summed E-state index contributed by atoms with van der Waals surface area (Å²) in [6.45, 7) is 2.10. The van der Waals surface area contributed by atoms with Crippen molar-refractivity contribution >= 4 is 11.8 Å². The van der Waals surface area contributed by atoms with Crippen LogP contribution in [0, 0.1) is 11.8 Å². The molecule has 0 saturated heterocycles. The van der Waals surface area contributed by atoms with Gasteiger partial charge in [0.2, 0.25) is 0 Å². The molecule has 0 aliphatic carbocycles. The minimum atomic E-state index is -0.666. The summed E-state index contributed by atoms with van der Waals surface area (Å²) >= 11 is 0. The number of benzene rings is 2. The highest BCUT2D eigenvalue weighted by Crippen LogP contribution is 2.27. The molecule has 126 valence electrons. The lowest BCUT2D eigenvalue weighted by molar-refractivity contribution is -0.115. The minimum Gasteiger partial charge on any atom is -0.266 e. The largest absolute Gasteiger partial charge is 0.285 e. The standard InChI is InChI=1S/C21H19NO3/c1-2-3-4-8-15-19(16-11-6-5-7-12-16)25-22-20(23)17-13-9-10-14-18(17)21(22)24/h5-7,9-14,19H,2-4H2,1H3. The molecule has 1 aliphatic heterocycles. The monoisotopic (exact) mass is 333 g/mol. The molecule has 3 rings (SSSR count). The molecule has 0 aromatic heterocycles. The molecule has 0 N–H and O–H groups in total. The third-order valence-electron chi connectivity index (χ3n) is 3.96. The van der Waals surface area contributed by atoms with Crippen LogP contribution in [0.5, 0.6) is 0 Å². The number of carbonyl (C=O) groups is 2. The smallest absolute Gasteiger partial charge is 0.266 e. The zero-order chi connectivity index (χ0) is 17.6. The van der Waals surface area contributed by atoms with Gasteiger partial charge in [0.25, 0.3) is 11.8 Å². The van der Waals surface area contributed by atoms with Crippen LogP contribution in [-0.4, -0.2) is 16.9 Å². The Bertz CT molecular complexity index is 798. The van der Waals surface area contributed by atoms with Crippen molar-refractivity contribution in [2.45, 2.75) is 32.3 Å². The van der Waals surface area contributed by atoms with E-state index in [1.807, 2.05) is 30.3 Å². The third-order valence-corrected chi connectivity index (χ3v) is 3.96. The zero-order valence-electron chi connectivity index (χ0n) is 14.1. The highest BCUT2D eigenvalue weighted by atomic mass is 16.7. The number of unbranched alkanes of at least 4 members (excludes halogenated alkanes) is 2. The van der Waals surface area contributed by atoms with Gasteiger partial charge in [-0.25, -0.2) is 4.84 Å². The molecule has 1 aliphatic rings. The van der Waals surface area contributed by atoms with Crippen LogP contribution in [0.3, 0.4) is 0 Å². The van der Waals surface area contributed by atoms with E-state index in [0.717, 1.165) is 29.9 Å². The molecule has 0 saturated carbocycles. The van der Waals surface area contributed by atoms with Crippen LogP contribution in [0.4, 0.5) is 0 Å². The lowest BCUT2D eigenvalue weighted by Gasteiger charge is -2.19. The summed E-state index contributed by atoms with van der Waals surface area (Å²) in [5.41, 5.74) is 1.53. The lowest BCUT2D eigenvalue weighted by Crippen LogP contribution is -2.31. The van der Waals surface area contributed by atoms with Crippen LogP contribution < -0.4 is 0 Å². The van der Waals surface area contributed by atoms with Gasteiger partial charge in [0.15, 0.2) is 6.10 Å². The van der Waals surface area contributed by atoms with E-state index in [9.17, 15) is 9.59 Å². The van der Waals surface area contributed by atoms with Gasteiger partial charge >= 0.3 is 0 Å². The number of carbonyl (C=O) groups excluding carboxylic acids is 2. The highest BCUT2D eigenvalue weighted by Gasteiger charge is 2.38. The molecule has 0 bridgehead atoms. The van der Waals surface area contributed by atoms with Crippen LogP contribution in [0.2, 0.25) is 0 Å². The van der Waals surface area contributed by atoms with Crippen molar-refractivity contribution in [3.05, 3.63) is 71.3 Å². The fourth-order valence-corrected chi connectivity index (χ4v) is 2.60. The maximum absolute atomic E-state index is 12.5. The van der Waals surface area contributed by atoms with Gasteiger partial charge < -0.3 is 0 Å². The molecule has 1 unspecified atom stereocenters. The predicted octanol–water partition coefficient (Wildman–Crippen LogP) is 4.15. The van der Waals surface area contributed by atoms with Gasteiger partial charge in [0.1, 0.15) is 0 Å². The summed E-state index contributed by atoms with van der Waals surface area (Å²) in [5, 5.41) is 0.830. The number of rotatable bonds is 5. The van der Waals surface area contributed by atoms with Gasteiger partial charge in [-0.3, -0.25) is 9.59 Å². The molecule has 4 heteroatoms. The maximum Gasteiger partial charge on any atom is 0.285 e. The quantitative estimate of drug-likeness (QED) is 0.469. The first kappa shape index (κ1) is 16.9. The Morgan fingerprint density at radius 2 is 1.56 bits per heavy atom. The first-order valence-corrected chi connectivity index (χ1v) is 8.40. The first-order valence-electron chi connectivity index (χ1n) is 8.40. The molecule has 2 aromatic carbocycles. The average Bonchev–Trinajstić information content (AvgIpc) is 2.90. The second-order valence-corrected chi connectivity index (χ2v) is 5.77. The second kappa shape index (κ2) is 7.78. The minimum absolute atomic E-state index is 0.359. The summed E-state index contributed by atoms with van der Waals surface area (Å²) in [7, 11) is 0. The van der Waals surface area contributed by atoms with Crippen LogP contribution >= 0.6 is 0 Å². The summed E-state index contributed by atoms with van der Waals surface area (Å²) in [6, 6.07) is 16.1. The van der Waals surface area contributed by atoms with E-state index < -0.39 is 17.9 Å². The molecule has 0 fully saturated rings. The fourth-order valence-electron chi connectivity index (χ4n) is 2.60. The third kappa shape index (κ3) is 3.62. The van der Waals surface area contributed by atoms with Gasteiger partial charge in [-0.2, -0.15) is 0 Å². The molecule has 0 radical (unpaired) electrons. The molecule has 1 heterocycles. The van der Waals surface area contributed by atoms with Crippen molar-refractivity contribution in [3.63, 3.8) is 0 Å². The van der Waals surface area contributed by atoms with Crippen molar-refractivity contribution in [2.24, 2.45) is 0 Å². The van der Waals surface area contributed by atoms with Gasteiger partial charge in [-0.1, -0.05) is 61.7 Å². The van der Waals surface area contributed by atoms with E-state index >= 15 is 0 Å². The normalized spacial score (nSPS) is 14.0. The summed E-state index contributed by atoms with van der Waals surface area (Å²) in [4.78, 5) is 30.7. The predicted molar refractivity (Wildman–Crippen MR) is 94.5 cm³/mol. The van der Waals surface area contributed by atoms with Crippen LogP contribution in [-0.2, 0) is 4.84 Å². The van der Waals surface area contributed by atoms with Gasteiger partial charge in [-0.05, 0) is 24.1 Å². The Morgan fingerprint density at radius 1 is 0.960 bits per heavy atom. The Balaban J connectivity index is 1.84. The topological polar surface area (TPSA) is 46.6 Å². The van der Waals surface area contributed by atoms with E-state index in [4.69, 9.17) is 4.84 Å². The van der Waals surface area contributed by atoms with Crippen molar-refractivity contribution in [2.75, 3.05) is 0 Å². The van der Waals surface area contributed by atoms with E-state index in [-0.39, 0.29) is 0 Å². The van der Waals surface area contributed by atoms with Gasteiger partial charge in [0, 0.05) is 6.42 Å². The maximum atomic E-state index is 12.5. The van der Waals surface area contributed by atoms with Crippen molar-refractivity contribution < 1.29 is 14.4 Å². The van der Waals surface area contributed by atoms with Crippen molar-refractivity contribution in [3.8, 4) is 11.8 Å². The van der Waals surface area contributed by atoms with Crippen LogP contribution in [0.25, 0.3) is 0 Å². The zero-order valence-corrected chi connectivity index (χ0v) is 14.1. The first-order chi connectivity index (χ1) is 12.2.